The van der Waals surface area contributed by atoms with Crippen LogP contribution >= 0.6 is 11.8 Å². The molecule has 3 heterocycles. The SMILES string of the molecule is CCCCn1c(=O)c2ccccc2n2c(SCc3nnnn3-c3ccccc3)nnc12. The van der Waals surface area contributed by atoms with Crippen molar-refractivity contribution in [2.24, 2.45) is 0 Å². The van der Waals surface area contributed by atoms with E-state index in [-0.39, 0.29) is 5.56 Å². The number of aromatic nitrogens is 8. The predicted molar refractivity (Wildman–Crippen MR) is 118 cm³/mol. The number of para-hydroxylation sites is 2. The molecule has 0 radical (unpaired) electrons. The molecule has 0 N–H and O–H groups in total. The fourth-order valence-corrected chi connectivity index (χ4v) is 4.39. The maximum Gasteiger partial charge on any atom is 0.262 e. The van der Waals surface area contributed by atoms with E-state index in [1.54, 1.807) is 9.25 Å². The lowest BCUT2D eigenvalue weighted by Crippen LogP contribution is -2.23. The van der Waals surface area contributed by atoms with Gasteiger partial charge in [-0.2, -0.15) is 4.68 Å². The summed E-state index contributed by atoms with van der Waals surface area (Å²) in [4.78, 5) is 13.0. The average molecular weight is 433 g/mol. The molecule has 3 aromatic heterocycles. The van der Waals surface area contributed by atoms with Crippen LogP contribution < -0.4 is 5.56 Å². The van der Waals surface area contributed by atoms with Gasteiger partial charge in [-0.1, -0.05) is 55.4 Å². The van der Waals surface area contributed by atoms with Gasteiger partial charge < -0.3 is 0 Å². The zero-order valence-corrected chi connectivity index (χ0v) is 17.7. The number of aryl methyl sites for hydroxylation is 1. The molecule has 0 aliphatic heterocycles. The second-order valence-corrected chi connectivity index (χ2v) is 8.02. The monoisotopic (exact) mass is 432 g/mol. The summed E-state index contributed by atoms with van der Waals surface area (Å²) < 4.78 is 5.39. The normalized spacial score (nSPS) is 11.5. The van der Waals surface area contributed by atoms with E-state index in [1.165, 1.54) is 11.8 Å². The molecule has 0 saturated heterocycles. The third-order valence-corrected chi connectivity index (χ3v) is 6.00. The molecule has 10 heteroatoms. The molecule has 5 rings (SSSR count). The Morgan fingerprint density at radius 3 is 2.61 bits per heavy atom. The first-order valence-corrected chi connectivity index (χ1v) is 11.1. The van der Waals surface area contributed by atoms with Crippen LogP contribution in [0.4, 0.5) is 0 Å². The van der Waals surface area contributed by atoms with Crippen molar-refractivity contribution >= 4 is 28.4 Å². The van der Waals surface area contributed by atoms with Crippen LogP contribution in [0, 0.1) is 0 Å². The van der Waals surface area contributed by atoms with Crippen molar-refractivity contribution in [3.05, 3.63) is 70.8 Å². The first-order valence-electron chi connectivity index (χ1n) is 10.1. The van der Waals surface area contributed by atoms with Crippen molar-refractivity contribution in [2.45, 2.75) is 37.2 Å². The number of tetrazole rings is 1. The molecular weight excluding hydrogens is 412 g/mol. The van der Waals surface area contributed by atoms with Gasteiger partial charge >= 0.3 is 0 Å². The van der Waals surface area contributed by atoms with Crippen LogP contribution in [0.3, 0.4) is 0 Å². The van der Waals surface area contributed by atoms with Gasteiger partial charge in [0, 0.05) is 6.54 Å². The van der Waals surface area contributed by atoms with Crippen LogP contribution in [0.25, 0.3) is 22.4 Å². The molecule has 0 bridgehead atoms. The van der Waals surface area contributed by atoms with Crippen LogP contribution in [0.2, 0.25) is 0 Å². The van der Waals surface area contributed by atoms with Gasteiger partial charge in [-0.3, -0.25) is 13.8 Å². The first-order chi connectivity index (χ1) is 15.3. The average Bonchev–Trinajstić information content (AvgIpc) is 3.45. The van der Waals surface area contributed by atoms with Gasteiger partial charge in [-0.25, -0.2) is 0 Å². The highest BCUT2D eigenvalue weighted by atomic mass is 32.2. The summed E-state index contributed by atoms with van der Waals surface area (Å²) in [6.07, 6.45) is 1.89. The van der Waals surface area contributed by atoms with Crippen molar-refractivity contribution < 1.29 is 0 Å². The van der Waals surface area contributed by atoms with E-state index in [4.69, 9.17) is 0 Å². The van der Waals surface area contributed by atoms with Gasteiger partial charge in [0.1, 0.15) is 0 Å². The fraction of sp³-hybridized carbons (Fsp3) is 0.238. The molecule has 0 aliphatic rings. The summed E-state index contributed by atoms with van der Waals surface area (Å²) >= 11 is 1.49. The molecule has 5 aromatic rings. The van der Waals surface area contributed by atoms with E-state index in [2.05, 4.69) is 32.6 Å². The number of unbranched alkanes of at least 4 members (excludes halogenated alkanes) is 1. The van der Waals surface area contributed by atoms with Gasteiger partial charge in [0.15, 0.2) is 11.0 Å². The van der Waals surface area contributed by atoms with E-state index in [0.717, 1.165) is 24.0 Å². The second kappa shape index (κ2) is 8.31. The zero-order chi connectivity index (χ0) is 21.2. The Balaban J connectivity index is 1.56. The number of nitrogens with zero attached hydrogens (tertiary/aromatic N) is 8. The topological polar surface area (TPSA) is 95.8 Å². The van der Waals surface area contributed by atoms with Crippen molar-refractivity contribution in [1.82, 2.24) is 39.4 Å². The van der Waals surface area contributed by atoms with E-state index >= 15 is 0 Å². The molecule has 0 fully saturated rings. The Labute approximate surface area is 181 Å². The van der Waals surface area contributed by atoms with Gasteiger partial charge in [0.25, 0.3) is 5.56 Å². The largest absolute Gasteiger partial charge is 0.276 e. The second-order valence-electron chi connectivity index (χ2n) is 7.08. The highest BCUT2D eigenvalue weighted by Crippen LogP contribution is 2.24. The van der Waals surface area contributed by atoms with E-state index in [1.807, 2.05) is 59.0 Å². The Hall–Kier alpha value is -3.53. The Morgan fingerprint density at radius 1 is 0.968 bits per heavy atom. The van der Waals surface area contributed by atoms with E-state index in [0.29, 0.717) is 34.4 Å². The summed E-state index contributed by atoms with van der Waals surface area (Å²) in [5.41, 5.74) is 1.66. The molecule has 2 aromatic carbocycles. The summed E-state index contributed by atoms with van der Waals surface area (Å²) in [7, 11) is 0. The summed E-state index contributed by atoms with van der Waals surface area (Å²) in [5.74, 6) is 1.77. The quantitative estimate of drug-likeness (QED) is 0.365. The molecule has 0 atom stereocenters. The summed E-state index contributed by atoms with van der Waals surface area (Å²) in [5, 5.41) is 22.2. The maximum absolute atomic E-state index is 13.0. The molecular formula is C21H20N8OS. The molecule has 9 nitrogen and oxygen atoms in total. The van der Waals surface area contributed by atoms with Gasteiger partial charge in [0.2, 0.25) is 5.78 Å². The molecule has 0 unspecified atom stereocenters. The molecule has 0 spiro atoms. The van der Waals surface area contributed by atoms with Crippen molar-refractivity contribution in [3.63, 3.8) is 0 Å². The van der Waals surface area contributed by atoms with Gasteiger partial charge in [-0.05, 0) is 41.1 Å². The molecule has 31 heavy (non-hydrogen) atoms. The molecule has 0 aliphatic carbocycles. The number of benzene rings is 2. The van der Waals surface area contributed by atoms with Crippen LogP contribution in [0.15, 0.2) is 64.5 Å². The van der Waals surface area contributed by atoms with Crippen molar-refractivity contribution in [2.75, 3.05) is 0 Å². The van der Waals surface area contributed by atoms with E-state index in [9.17, 15) is 4.79 Å². The highest BCUT2D eigenvalue weighted by Gasteiger charge is 2.18. The number of hydrogen-bond donors (Lipinski definition) is 0. The Kier molecular flexibility index (Phi) is 5.21. The lowest BCUT2D eigenvalue weighted by Gasteiger charge is -2.10. The highest BCUT2D eigenvalue weighted by molar-refractivity contribution is 7.98. The van der Waals surface area contributed by atoms with E-state index < -0.39 is 0 Å². The zero-order valence-electron chi connectivity index (χ0n) is 16.9. The van der Waals surface area contributed by atoms with Gasteiger partial charge in [-0.15, -0.1) is 15.3 Å². The third-order valence-electron chi connectivity index (χ3n) is 5.08. The summed E-state index contributed by atoms with van der Waals surface area (Å²) in [6, 6.07) is 17.3. The minimum Gasteiger partial charge on any atom is -0.276 e. The first kappa shape index (κ1) is 19.4. The predicted octanol–water partition coefficient (Wildman–Crippen LogP) is 3.11. The smallest absolute Gasteiger partial charge is 0.262 e. The molecule has 156 valence electrons. The summed E-state index contributed by atoms with van der Waals surface area (Å²) in [6.45, 7) is 2.71. The minimum absolute atomic E-state index is 0.0338. The van der Waals surface area contributed by atoms with Crippen LogP contribution in [0.5, 0.6) is 0 Å². The number of thioether (sulfide) groups is 1. The molecule has 0 saturated carbocycles. The lowest BCUT2D eigenvalue weighted by atomic mass is 10.2. The van der Waals surface area contributed by atoms with Crippen molar-refractivity contribution in [3.8, 4) is 5.69 Å². The molecule has 0 amide bonds. The minimum atomic E-state index is -0.0338. The maximum atomic E-state index is 13.0. The number of rotatable bonds is 7. The lowest BCUT2D eigenvalue weighted by molar-refractivity contribution is 0.620. The number of hydrogen-bond acceptors (Lipinski definition) is 7. The third kappa shape index (κ3) is 3.48. The Morgan fingerprint density at radius 2 is 1.77 bits per heavy atom. The van der Waals surface area contributed by atoms with Crippen molar-refractivity contribution in [1.29, 1.82) is 0 Å². The van der Waals surface area contributed by atoms with Crippen LogP contribution in [0.1, 0.15) is 25.6 Å². The Bertz CT molecular complexity index is 1410. The standard InChI is InChI=1S/C21H20N8OS/c1-2-3-13-27-19(30)16-11-7-8-12-17(16)28-20(27)23-24-21(28)31-14-18-22-25-26-29(18)15-9-5-4-6-10-15/h4-12H,2-3,13-14H2,1H3. The van der Waals surface area contributed by atoms with Gasteiger partial charge in [0.05, 0.1) is 22.3 Å². The fourth-order valence-electron chi connectivity index (χ4n) is 3.54. The number of fused-ring (bicyclic) bond motifs is 3. The van der Waals surface area contributed by atoms with Crippen LogP contribution in [-0.4, -0.2) is 39.4 Å². The van der Waals surface area contributed by atoms with Crippen LogP contribution in [-0.2, 0) is 12.3 Å².